The van der Waals surface area contributed by atoms with Crippen LogP contribution in [0.15, 0.2) is 96.8 Å². The van der Waals surface area contributed by atoms with Gasteiger partial charge in [-0.15, -0.1) is 11.6 Å². The second kappa shape index (κ2) is 39.0. The van der Waals surface area contributed by atoms with Crippen LogP contribution in [0.4, 0.5) is 21.0 Å². The molecule has 636 valence electrons. The van der Waals surface area contributed by atoms with E-state index in [0.29, 0.717) is 57.6 Å². The molecular formula is C89H112ClN19O11. The van der Waals surface area contributed by atoms with E-state index in [1.54, 1.807) is 57.7 Å². The SMILES string of the molecule is CN1CCNCC1.CNC(=O)Nc1ccc2c(c1)C(=O)/C(=C/c1c(-c3c(C)nn(C)c3C)n(CCN3CCN(C)CC3)c3ccc(OC)cc13)O2.CNC(=O)Nc1ccc2c(c1)C(=O)CO2.COc1ccc2c(c1)c(C=O)c(-c1c(C)nn(C)c1C)n2CCCl.COc1ccc2c(c1)c(C=O)c(-c1c(C)nn(C)c1C)n2CCN1CCN(C)CC1. The molecule has 0 aliphatic carbocycles. The summed E-state index contributed by atoms with van der Waals surface area (Å²) in [6, 6.07) is 27.2. The van der Waals surface area contributed by atoms with E-state index in [1.165, 1.54) is 27.2 Å². The molecule has 0 saturated carbocycles. The Kier molecular flexibility index (Phi) is 28.5. The molecule has 5 aliphatic rings. The van der Waals surface area contributed by atoms with Gasteiger partial charge in [-0.25, -0.2) is 9.59 Å². The van der Waals surface area contributed by atoms with Crippen molar-refractivity contribution < 1.29 is 52.5 Å². The van der Waals surface area contributed by atoms with E-state index >= 15 is 0 Å². The van der Waals surface area contributed by atoms with Crippen molar-refractivity contribution in [2.75, 3.05) is 171 Å². The number of nitrogens with zero attached hydrogens (tertiary/aromatic N) is 14. The van der Waals surface area contributed by atoms with Crippen molar-refractivity contribution in [1.29, 1.82) is 0 Å². The summed E-state index contributed by atoms with van der Waals surface area (Å²) < 4.78 is 40.1. The number of carbonyl (C=O) groups excluding carboxylic acids is 6. The Labute approximate surface area is 705 Å². The number of benzene rings is 5. The molecule has 30 nitrogen and oxygen atoms in total. The Balaban J connectivity index is 0.000000151. The number of fused-ring (bicyclic) bond motifs is 5. The number of nitrogens with one attached hydrogen (secondary N) is 5. The average molecular weight is 1660 g/mol. The molecule has 5 aliphatic heterocycles. The second-order valence-electron chi connectivity index (χ2n) is 30.6. The van der Waals surface area contributed by atoms with Crippen LogP contribution in [0, 0.1) is 41.5 Å². The van der Waals surface area contributed by atoms with Crippen LogP contribution in [-0.2, 0) is 40.8 Å². The van der Waals surface area contributed by atoms with E-state index in [9.17, 15) is 28.8 Å². The predicted octanol–water partition coefficient (Wildman–Crippen LogP) is 11.3. The Morgan fingerprint density at radius 1 is 0.483 bits per heavy atom. The number of methoxy groups -OCH3 is 3. The molecule has 0 atom stereocenters. The number of allylic oxidation sites excluding steroid dienone is 1. The van der Waals surface area contributed by atoms with Crippen molar-refractivity contribution in [3.63, 3.8) is 0 Å². The summed E-state index contributed by atoms with van der Waals surface area (Å²) in [5.41, 5.74) is 19.1. The molecule has 0 spiro atoms. The van der Waals surface area contributed by atoms with Gasteiger partial charge in [0.15, 0.2) is 24.9 Å². The smallest absolute Gasteiger partial charge is 0.318 e. The average Bonchev–Trinajstić information content (AvgIpc) is 1.59. The van der Waals surface area contributed by atoms with Gasteiger partial charge in [0.25, 0.3) is 0 Å². The van der Waals surface area contributed by atoms with Crippen LogP contribution in [0.2, 0.25) is 0 Å². The van der Waals surface area contributed by atoms with Crippen molar-refractivity contribution >= 4 is 98.0 Å². The van der Waals surface area contributed by atoms with Gasteiger partial charge in [0, 0.05) is 247 Å². The molecule has 11 aromatic rings. The Hall–Kier alpha value is -11.6. The second-order valence-corrected chi connectivity index (χ2v) is 31.0. The van der Waals surface area contributed by atoms with Gasteiger partial charge in [-0.05, 0) is 160 Å². The number of aromatic nitrogens is 9. The number of Topliss-reactive ketones (excluding diaryl/α,β-unsaturated/α-hetero) is 2. The summed E-state index contributed by atoms with van der Waals surface area (Å²) in [5, 5.41) is 30.2. The first-order valence-electron chi connectivity index (χ1n) is 40.4. The molecule has 0 bridgehead atoms. The molecule has 31 heteroatoms. The zero-order valence-electron chi connectivity index (χ0n) is 72.0. The number of rotatable bonds is 19. The maximum Gasteiger partial charge on any atom is 0.318 e. The van der Waals surface area contributed by atoms with E-state index < -0.39 is 0 Å². The third-order valence-electron chi connectivity index (χ3n) is 23.1. The highest BCUT2D eigenvalue weighted by atomic mass is 35.5. The number of likely N-dealkylation sites (N-methyl/N-ethyl adjacent to an activating group) is 3. The van der Waals surface area contributed by atoms with Crippen molar-refractivity contribution in [3.8, 4) is 62.5 Å². The fourth-order valence-electron chi connectivity index (χ4n) is 16.1. The third kappa shape index (κ3) is 19.0. The molecule has 5 aromatic carbocycles. The molecule has 0 radical (unpaired) electrons. The minimum Gasteiger partial charge on any atom is -0.497 e. The number of hydrogen-bond acceptors (Lipinski definition) is 20. The number of amides is 4. The van der Waals surface area contributed by atoms with E-state index in [4.69, 9.17) is 40.4 Å². The van der Waals surface area contributed by atoms with Gasteiger partial charge in [-0.2, -0.15) is 15.3 Å². The number of ketones is 2. The van der Waals surface area contributed by atoms with Crippen LogP contribution >= 0.6 is 11.6 Å². The van der Waals surface area contributed by atoms with E-state index in [-0.39, 0.29) is 36.0 Å². The summed E-state index contributed by atoms with van der Waals surface area (Å²) in [6.07, 6.45) is 3.74. The zero-order valence-corrected chi connectivity index (χ0v) is 72.7. The lowest BCUT2D eigenvalue weighted by Gasteiger charge is -2.32. The van der Waals surface area contributed by atoms with Crippen molar-refractivity contribution in [2.45, 2.75) is 61.2 Å². The Morgan fingerprint density at radius 3 is 1.23 bits per heavy atom. The predicted molar refractivity (Wildman–Crippen MR) is 472 cm³/mol. The number of halogens is 1. The van der Waals surface area contributed by atoms with Gasteiger partial charge < -0.3 is 78.7 Å². The van der Waals surface area contributed by atoms with Crippen LogP contribution in [0.5, 0.6) is 28.7 Å². The van der Waals surface area contributed by atoms with Gasteiger partial charge in [0.2, 0.25) is 11.6 Å². The van der Waals surface area contributed by atoms with Crippen LogP contribution in [0.25, 0.3) is 72.6 Å². The lowest BCUT2D eigenvalue weighted by Crippen LogP contribution is -2.45. The monoisotopic (exact) mass is 1660 g/mol. The maximum absolute atomic E-state index is 13.7. The van der Waals surface area contributed by atoms with Crippen molar-refractivity contribution in [1.82, 2.24) is 83.5 Å². The van der Waals surface area contributed by atoms with Crippen LogP contribution in [0.3, 0.4) is 0 Å². The third-order valence-corrected chi connectivity index (χ3v) is 23.2. The summed E-state index contributed by atoms with van der Waals surface area (Å²) in [4.78, 5) is 84.3. The lowest BCUT2D eigenvalue weighted by atomic mass is 10.0. The molecule has 4 amide bonds. The molecule has 0 unspecified atom stereocenters. The fraction of sp³-hybridized carbons (Fsp3) is 0.404. The number of anilines is 2. The summed E-state index contributed by atoms with van der Waals surface area (Å²) in [5.74, 6) is 3.60. The first kappa shape index (κ1) is 87.7. The van der Waals surface area contributed by atoms with Crippen LogP contribution in [-0.4, -0.2) is 264 Å². The van der Waals surface area contributed by atoms with E-state index in [2.05, 4.69) is 122 Å². The van der Waals surface area contributed by atoms with Gasteiger partial charge in [0.05, 0.1) is 66.6 Å². The Morgan fingerprint density at radius 2 is 0.867 bits per heavy atom. The summed E-state index contributed by atoms with van der Waals surface area (Å²) in [7, 11) is 20.3. The number of ether oxygens (including phenoxy) is 5. The number of hydrogen-bond donors (Lipinski definition) is 5. The minimum atomic E-state index is -0.364. The van der Waals surface area contributed by atoms with Gasteiger partial charge in [0.1, 0.15) is 28.7 Å². The number of urea groups is 2. The molecule has 6 aromatic heterocycles. The molecular weight excluding hydrogens is 1550 g/mol. The molecule has 120 heavy (non-hydrogen) atoms. The minimum absolute atomic E-state index is 0.0643. The number of piperazine rings is 3. The van der Waals surface area contributed by atoms with Gasteiger partial charge in [-0.1, -0.05) is 0 Å². The fourth-order valence-corrected chi connectivity index (χ4v) is 16.3. The first-order valence-corrected chi connectivity index (χ1v) is 40.9. The van der Waals surface area contributed by atoms with E-state index in [0.717, 1.165) is 228 Å². The largest absolute Gasteiger partial charge is 0.497 e. The van der Waals surface area contributed by atoms with Crippen LogP contribution < -0.4 is 50.3 Å². The van der Waals surface area contributed by atoms with Crippen LogP contribution in [0.1, 0.15) is 81.2 Å². The molecule has 16 rings (SSSR count). The number of aryl methyl sites for hydroxylation is 7. The molecule has 3 saturated heterocycles. The van der Waals surface area contributed by atoms with Gasteiger partial charge >= 0.3 is 12.1 Å². The highest BCUT2D eigenvalue weighted by Crippen LogP contribution is 2.44. The quantitative estimate of drug-likeness (QED) is 0.0285. The topological polar surface area (TPSA) is 293 Å². The normalized spacial score (nSPS) is 15.3. The molecule has 3 fully saturated rings. The lowest BCUT2D eigenvalue weighted by molar-refractivity contribution is 0.0959. The van der Waals surface area contributed by atoms with Crippen molar-refractivity contribution in [3.05, 3.63) is 159 Å². The zero-order chi connectivity index (χ0) is 85.9. The Bertz CT molecular complexity index is 5640. The summed E-state index contributed by atoms with van der Waals surface area (Å²) in [6.45, 7) is 29.5. The summed E-state index contributed by atoms with van der Waals surface area (Å²) >= 11 is 6.04. The van der Waals surface area contributed by atoms with E-state index in [1.807, 2.05) is 111 Å². The van der Waals surface area contributed by atoms with Gasteiger partial charge in [-0.3, -0.25) is 43.0 Å². The maximum atomic E-state index is 13.7. The van der Waals surface area contributed by atoms with Crippen molar-refractivity contribution in [2.24, 2.45) is 21.1 Å². The number of carbonyl (C=O) groups is 6. The first-order chi connectivity index (χ1) is 57.7. The number of alkyl halides is 1. The highest BCUT2D eigenvalue weighted by molar-refractivity contribution is 6.18. The number of aldehydes is 2. The highest BCUT2D eigenvalue weighted by Gasteiger charge is 2.33. The molecule has 11 heterocycles. The standard InChI is InChI=1S/C33H39N7O4.C23H31N5O2.C18H20ClN3O2.C10H10N2O3.C5H12N2/c1-20-30(21(2)38(5)36-20)31-25(19-29-32(41)26-17-22(35-33(42)34-3)7-10-28(26)44-29)24-18-23(43-6)8-9-27(24)40(31)16-15-39-13-11-37(4)12-14-39;1-16-22(17(2)26(4)24-16)23-20(15-29)19-14-18(30-5)6-7-21(19)28(23)13-12-27-10-8-25(3)9-11-27;1-11-17(12(2)21(3)20-11)18-15(10-23)14-9-13(24-4)5-6-16(14)22(18)8-7-19;1-11-10(14)12-6-2-3-9-7(4-6)8(13)5-15-9;1-7-4-2-6-3-5-7/h7-10,17-19H,11-16H2,1-6H3,(H2,34,35,42);6-7,14-15H,8-13H2,1-5H3;5-6,9-10H,7-8H2,1-4H3;2-4H,5H2,1H3,(H2,11,12,14);6H,2-5H2,1H3/b29-19-;;;;. The molecule has 5 N–H and O–H groups in total.